The molecule has 1 fully saturated rings. The molecule has 1 heterocycles. The number of amides is 1. The van der Waals surface area contributed by atoms with Crippen molar-refractivity contribution in [1.82, 2.24) is 15.1 Å². The Kier molecular flexibility index (Phi) is 5.88. The molecule has 0 radical (unpaired) electrons. The molecule has 0 saturated carbocycles. The predicted molar refractivity (Wildman–Crippen MR) is 69.8 cm³/mol. The molecule has 0 aromatic rings. The fraction of sp³-hybridized carbons (Fsp3) is 0.917. The molecule has 0 unspecified atom stereocenters. The maximum atomic E-state index is 11.6. The molecule has 1 rings (SSSR count). The number of carbonyl (C=O) groups is 1. The second-order valence-electron chi connectivity index (χ2n) is 5.21. The Hall–Kier alpha value is -0.650. The number of nitrogens with zero attached hydrogens (tertiary/aromatic N) is 2. The molecule has 1 aliphatic rings. The van der Waals surface area contributed by atoms with Crippen molar-refractivity contribution in [3.05, 3.63) is 0 Å². The highest BCUT2D eigenvalue weighted by Crippen LogP contribution is 1.99. The number of carbonyl (C=O) groups excluding carboxylic acids is 1. The van der Waals surface area contributed by atoms with Crippen LogP contribution in [0.2, 0.25) is 0 Å². The summed E-state index contributed by atoms with van der Waals surface area (Å²) in [5.74, 6) is 0.160. The first-order valence-corrected chi connectivity index (χ1v) is 6.45. The van der Waals surface area contributed by atoms with Crippen LogP contribution in [-0.4, -0.2) is 68.1 Å². The summed E-state index contributed by atoms with van der Waals surface area (Å²) >= 11 is 0. The van der Waals surface area contributed by atoms with Crippen molar-refractivity contribution < 1.29 is 4.79 Å². The van der Waals surface area contributed by atoms with Gasteiger partial charge < -0.3 is 16.0 Å². The quantitative estimate of drug-likeness (QED) is 0.671. The zero-order valence-corrected chi connectivity index (χ0v) is 11.3. The van der Waals surface area contributed by atoms with Gasteiger partial charge in [-0.05, 0) is 13.0 Å². The molecule has 1 saturated heterocycles. The highest BCUT2D eigenvalue weighted by Gasteiger charge is 2.17. The van der Waals surface area contributed by atoms with E-state index < -0.39 is 0 Å². The largest absolute Gasteiger partial charge is 0.353 e. The highest BCUT2D eigenvalue weighted by molar-refractivity contribution is 5.81. The lowest BCUT2D eigenvalue weighted by Crippen LogP contribution is -2.49. The molecule has 1 amide bonds. The van der Waals surface area contributed by atoms with E-state index in [1.807, 2.05) is 13.8 Å². The Morgan fingerprint density at radius 2 is 1.88 bits per heavy atom. The third-order valence-electron chi connectivity index (χ3n) is 3.34. The maximum Gasteiger partial charge on any atom is 0.237 e. The Bertz CT molecular complexity index is 237. The Morgan fingerprint density at radius 1 is 1.29 bits per heavy atom. The topological polar surface area (TPSA) is 61.6 Å². The second kappa shape index (κ2) is 6.93. The third-order valence-corrected chi connectivity index (χ3v) is 3.34. The van der Waals surface area contributed by atoms with E-state index in [-0.39, 0.29) is 17.9 Å². The van der Waals surface area contributed by atoms with E-state index in [0.717, 1.165) is 32.7 Å². The van der Waals surface area contributed by atoms with Crippen LogP contribution in [-0.2, 0) is 4.79 Å². The van der Waals surface area contributed by atoms with Crippen molar-refractivity contribution in [3.8, 4) is 0 Å². The van der Waals surface area contributed by atoms with Crippen LogP contribution >= 0.6 is 0 Å². The molecule has 0 aromatic carbocycles. The zero-order chi connectivity index (χ0) is 12.8. The van der Waals surface area contributed by atoms with Crippen molar-refractivity contribution >= 4 is 5.91 Å². The minimum atomic E-state index is -0.387. The van der Waals surface area contributed by atoms with Crippen LogP contribution in [0.1, 0.15) is 13.8 Å². The van der Waals surface area contributed by atoms with Gasteiger partial charge in [0, 0.05) is 39.3 Å². The first-order valence-electron chi connectivity index (χ1n) is 6.45. The lowest BCUT2D eigenvalue weighted by atomic mass is 10.1. The summed E-state index contributed by atoms with van der Waals surface area (Å²) in [4.78, 5) is 16.3. The molecule has 0 bridgehead atoms. The normalized spacial score (nSPS) is 20.5. The monoisotopic (exact) mass is 242 g/mol. The smallest absolute Gasteiger partial charge is 0.237 e. The van der Waals surface area contributed by atoms with E-state index in [0.29, 0.717) is 6.54 Å². The van der Waals surface area contributed by atoms with Gasteiger partial charge in [-0.1, -0.05) is 13.8 Å². The van der Waals surface area contributed by atoms with Gasteiger partial charge in [-0.3, -0.25) is 9.69 Å². The van der Waals surface area contributed by atoms with Gasteiger partial charge in [-0.15, -0.1) is 0 Å². The van der Waals surface area contributed by atoms with Crippen LogP contribution in [0.5, 0.6) is 0 Å². The fourth-order valence-electron chi connectivity index (χ4n) is 1.83. The summed E-state index contributed by atoms with van der Waals surface area (Å²) in [5, 5.41) is 2.90. The molecule has 100 valence electrons. The molecule has 5 heteroatoms. The molecule has 0 aliphatic carbocycles. The van der Waals surface area contributed by atoms with Crippen LogP contribution in [0.25, 0.3) is 0 Å². The van der Waals surface area contributed by atoms with Gasteiger partial charge in [0.15, 0.2) is 0 Å². The molecule has 1 atom stereocenters. The van der Waals surface area contributed by atoms with E-state index in [2.05, 4.69) is 22.2 Å². The number of nitrogens with two attached hydrogens (primary N) is 1. The summed E-state index contributed by atoms with van der Waals surface area (Å²) in [6.45, 7) is 9.94. The molecule has 17 heavy (non-hydrogen) atoms. The van der Waals surface area contributed by atoms with Gasteiger partial charge in [-0.2, -0.15) is 0 Å². The number of likely N-dealkylation sites (N-methyl/N-ethyl adjacent to an activating group) is 1. The second-order valence-corrected chi connectivity index (χ2v) is 5.21. The first kappa shape index (κ1) is 14.4. The SMILES string of the molecule is CC(C)[C@H](N)C(=O)NCCN1CCN(C)CC1. The van der Waals surface area contributed by atoms with E-state index in [4.69, 9.17) is 5.73 Å². The Labute approximate surface area is 104 Å². The number of hydrogen-bond donors (Lipinski definition) is 2. The Morgan fingerprint density at radius 3 is 2.41 bits per heavy atom. The van der Waals surface area contributed by atoms with Gasteiger partial charge in [0.05, 0.1) is 6.04 Å². The van der Waals surface area contributed by atoms with Gasteiger partial charge in [0.2, 0.25) is 5.91 Å². The lowest BCUT2D eigenvalue weighted by molar-refractivity contribution is -0.123. The summed E-state index contributed by atoms with van der Waals surface area (Å²) in [5.41, 5.74) is 5.77. The average Bonchev–Trinajstić information content (AvgIpc) is 2.30. The van der Waals surface area contributed by atoms with Crippen LogP contribution in [0.3, 0.4) is 0 Å². The van der Waals surface area contributed by atoms with E-state index in [1.54, 1.807) is 0 Å². The van der Waals surface area contributed by atoms with E-state index in [1.165, 1.54) is 0 Å². The Balaban J connectivity index is 2.13. The molecule has 0 spiro atoms. The summed E-state index contributed by atoms with van der Waals surface area (Å²) in [6, 6.07) is -0.387. The van der Waals surface area contributed by atoms with Gasteiger partial charge in [-0.25, -0.2) is 0 Å². The third kappa shape index (κ3) is 5.02. The molecule has 1 aliphatic heterocycles. The molecule has 0 aromatic heterocycles. The zero-order valence-electron chi connectivity index (χ0n) is 11.3. The minimum absolute atomic E-state index is 0.0332. The van der Waals surface area contributed by atoms with E-state index >= 15 is 0 Å². The number of nitrogens with one attached hydrogen (secondary N) is 1. The van der Waals surface area contributed by atoms with Gasteiger partial charge in [0.1, 0.15) is 0 Å². The van der Waals surface area contributed by atoms with Crippen molar-refractivity contribution in [2.75, 3.05) is 46.3 Å². The van der Waals surface area contributed by atoms with Crippen molar-refractivity contribution in [2.45, 2.75) is 19.9 Å². The van der Waals surface area contributed by atoms with Gasteiger partial charge >= 0.3 is 0 Å². The highest BCUT2D eigenvalue weighted by atomic mass is 16.2. The molecule has 5 nitrogen and oxygen atoms in total. The minimum Gasteiger partial charge on any atom is -0.353 e. The van der Waals surface area contributed by atoms with Crippen LogP contribution in [0.4, 0.5) is 0 Å². The van der Waals surface area contributed by atoms with Crippen LogP contribution < -0.4 is 11.1 Å². The maximum absolute atomic E-state index is 11.6. The molecular formula is C12H26N4O. The van der Waals surface area contributed by atoms with Crippen LogP contribution in [0.15, 0.2) is 0 Å². The summed E-state index contributed by atoms with van der Waals surface area (Å²) < 4.78 is 0. The predicted octanol–water partition coefficient (Wildman–Crippen LogP) is -0.667. The number of rotatable bonds is 5. The van der Waals surface area contributed by atoms with Crippen LogP contribution in [0, 0.1) is 5.92 Å². The standard InChI is InChI=1S/C12H26N4O/c1-10(2)11(13)12(17)14-4-5-16-8-6-15(3)7-9-16/h10-11H,4-9,13H2,1-3H3,(H,14,17)/t11-/m0/s1. The first-order chi connectivity index (χ1) is 8.00. The van der Waals surface area contributed by atoms with Crippen molar-refractivity contribution in [1.29, 1.82) is 0 Å². The number of hydrogen-bond acceptors (Lipinski definition) is 4. The fourth-order valence-corrected chi connectivity index (χ4v) is 1.83. The van der Waals surface area contributed by atoms with Gasteiger partial charge in [0.25, 0.3) is 0 Å². The summed E-state index contributed by atoms with van der Waals surface area (Å²) in [6.07, 6.45) is 0. The molecule has 3 N–H and O–H groups in total. The lowest BCUT2D eigenvalue weighted by Gasteiger charge is -2.32. The van der Waals surface area contributed by atoms with Crippen molar-refractivity contribution in [2.24, 2.45) is 11.7 Å². The molecular weight excluding hydrogens is 216 g/mol. The average molecular weight is 242 g/mol. The van der Waals surface area contributed by atoms with E-state index in [9.17, 15) is 4.79 Å². The summed E-state index contributed by atoms with van der Waals surface area (Å²) in [7, 11) is 2.14. The van der Waals surface area contributed by atoms with Crippen molar-refractivity contribution in [3.63, 3.8) is 0 Å². The number of piperazine rings is 1.